The van der Waals surface area contributed by atoms with Gasteiger partial charge in [-0.2, -0.15) is 0 Å². The molecule has 17 heavy (non-hydrogen) atoms. The third kappa shape index (κ3) is 2.68. The maximum Gasteiger partial charge on any atom is 0.0154 e. The third-order valence-corrected chi connectivity index (χ3v) is 4.57. The number of fused-ring (bicyclic) bond motifs is 1. The summed E-state index contributed by atoms with van der Waals surface area (Å²) >= 11 is 0. The van der Waals surface area contributed by atoms with Gasteiger partial charge in [0.2, 0.25) is 0 Å². The van der Waals surface area contributed by atoms with Crippen molar-refractivity contribution >= 4 is 0 Å². The molecule has 0 bridgehead atoms. The van der Waals surface area contributed by atoms with E-state index < -0.39 is 0 Å². The van der Waals surface area contributed by atoms with Gasteiger partial charge in [0, 0.05) is 30.2 Å². The van der Waals surface area contributed by atoms with Crippen molar-refractivity contribution in [2.75, 3.05) is 19.6 Å². The zero-order valence-corrected chi connectivity index (χ0v) is 12.6. The van der Waals surface area contributed by atoms with Crippen LogP contribution in [0.4, 0.5) is 0 Å². The predicted molar refractivity (Wildman–Crippen MR) is 74.3 cm³/mol. The Morgan fingerprint density at radius 3 is 2.06 bits per heavy atom. The summed E-state index contributed by atoms with van der Waals surface area (Å²) in [4.78, 5) is 5.40. The maximum atomic E-state index is 2.71. The van der Waals surface area contributed by atoms with Gasteiger partial charge in [-0.3, -0.25) is 9.80 Å². The van der Waals surface area contributed by atoms with Crippen molar-refractivity contribution < 1.29 is 0 Å². The van der Waals surface area contributed by atoms with E-state index in [1.165, 1.54) is 32.5 Å². The van der Waals surface area contributed by atoms with Crippen LogP contribution in [0, 0.1) is 5.92 Å². The van der Waals surface area contributed by atoms with Crippen LogP contribution in [0.1, 0.15) is 54.4 Å². The van der Waals surface area contributed by atoms with Gasteiger partial charge < -0.3 is 0 Å². The monoisotopic (exact) mass is 238 g/mol. The Hall–Kier alpha value is -0.0800. The van der Waals surface area contributed by atoms with Crippen LogP contribution in [0.3, 0.4) is 0 Å². The molecule has 2 aliphatic rings. The van der Waals surface area contributed by atoms with Gasteiger partial charge in [-0.1, -0.05) is 0 Å². The van der Waals surface area contributed by atoms with Crippen LogP contribution in [0.2, 0.25) is 0 Å². The largest absolute Gasteiger partial charge is 0.298 e. The Morgan fingerprint density at radius 2 is 1.53 bits per heavy atom. The number of hydrogen-bond acceptors (Lipinski definition) is 2. The second-order valence-corrected chi connectivity index (χ2v) is 7.91. The first-order valence-corrected chi connectivity index (χ1v) is 7.21. The molecule has 2 heteroatoms. The Bertz CT molecular complexity index is 272. The Balaban J connectivity index is 2.00. The summed E-state index contributed by atoms with van der Waals surface area (Å²) in [6.07, 6.45) is 2.76. The molecule has 2 atom stereocenters. The molecule has 0 radical (unpaired) electrons. The van der Waals surface area contributed by atoms with E-state index in [1.54, 1.807) is 0 Å². The Kier molecular flexibility index (Phi) is 3.33. The minimum atomic E-state index is 0.344. The van der Waals surface area contributed by atoms with Crippen LogP contribution >= 0.6 is 0 Å². The number of nitrogens with zero attached hydrogens (tertiary/aromatic N) is 2. The van der Waals surface area contributed by atoms with E-state index in [1.807, 2.05) is 0 Å². The van der Waals surface area contributed by atoms with Gasteiger partial charge in [0.1, 0.15) is 0 Å². The average molecular weight is 238 g/mol. The van der Waals surface area contributed by atoms with E-state index in [-0.39, 0.29) is 0 Å². The molecule has 100 valence electrons. The molecule has 0 saturated carbocycles. The zero-order chi connectivity index (χ0) is 12.8. The van der Waals surface area contributed by atoms with Gasteiger partial charge in [-0.15, -0.1) is 0 Å². The molecule has 0 amide bonds. The Morgan fingerprint density at radius 1 is 0.882 bits per heavy atom. The molecule has 0 aromatic heterocycles. The van der Waals surface area contributed by atoms with Crippen LogP contribution in [0.15, 0.2) is 0 Å². The summed E-state index contributed by atoms with van der Waals surface area (Å²) in [5.74, 6) is 0.913. The molecular formula is C15H30N2. The van der Waals surface area contributed by atoms with Crippen LogP contribution in [0.5, 0.6) is 0 Å². The lowest BCUT2D eigenvalue weighted by Gasteiger charge is -2.55. The molecule has 2 unspecified atom stereocenters. The molecule has 0 spiro atoms. The fourth-order valence-electron chi connectivity index (χ4n) is 3.44. The summed E-state index contributed by atoms with van der Waals surface area (Å²) in [6.45, 7) is 18.0. The van der Waals surface area contributed by atoms with E-state index >= 15 is 0 Å². The lowest BCUT2D eigenvalue weighted by atomic mass is 9.81. The first-order valence-electron chi connectivity index (χ1n) is 7.21. The summed E-state index contributed by atoms with van der Waals surface area (Å²) in [5.41, 5.74) is 0.703. The standard InChI is InChI=1S/C15H30N2/c1-14(2,3)16-9-7-8-13-12(10-16)11-17(13)15(4,5)6/h12-13H,7-11H2,1-6H3. The highest BCUT2D eigenvalue weighted by molar-refractivity contribution is 5.01. The quantitative estimate of drug-likeness (QED) is 0.640. The average Bonchev–Trinajstić information content (AvgIpc) is 2.23. The first kappa shape index (κ1) is 13.4. The Labute approximate surface area is 107 Å². The SMILES string of the molecule is CC(C)(C)N1CCCC2C(C1)CN2C(C)(C)C. The summed E-state index contributed by atoms with van der Waals surface area (Å²) < 4.78 is 0. The molecule has 2 nitrogen and oxygen atoms in total. The van der Waals surface area contributed by atoms with Crippen molar-refractivity contribution in [3.63, 3.8) is 0 Å². The number of hydrogen-bond donors (Lipinski definition) is 0. The van der Waals surface area contributed by atoms with E-state index in [0.717, 1.165) is 12.0 Å². The fourth-order valence-corrected chi connectivity index (χ4v) is 3.44. The molecule has 0 aliphatic carbocycles. The highest BCUT2D eigenvalue weighted by Crippen LogP contribution is 2.38. The van der Waals surface area contributed by atoms with Gasteiger partial charge in [0.15, 0.2) is 0 Å². The van der Waals surface area contributed by atoms with Crippen molar-refractivity contribution in [1.29, 1.82) is 0 Å². The molecule has 2 fully saturated rings. The van der Waals surface area contributed by atoms with Gasteiger partial charge in [0.05, 0.1) is 0 Å². The topological polar surface area (TPSA) is 6.48 Å². The van der Waals surface area contributed by atoms with Crippen molar-refractivity contribution in [1.82, 2.24) is 9.80 Å². The predicted octanol–water partition coefficient (Wildman–Crippen LogP) is 2.98. The van der Waals surface area contributed by atoms with Gasteiger partial charge >= 0.3 is 0 Å². The van der Waals surface area contributed by atoms with Crippen LogP contribution in [-0.4, -0.2) is 46.6 Å². The van der Waals surface area contributed by atoms with Crippen molar-refractivity contribution in [3.05, 3.63) is 0 Å². The van der Waals surface area contributed by atoms with Crippen LogP contribution in [0.25, 0.3) is 0 Å². The van der Waals surface area contributed by atoms with E-state index in [2.05, 4.69) is 51.3 Å². The maximum absolute atomic E-state index is 2.71. The van der Waals surface area contributed by atoms with Gasteiger partial charge in [-0.25, -0.2) is 0 Å². The smallest absolute Gasteiger partial charge is 0.0154 e. The summed E-state index contributed by atoms with van der Waals surface area (Å²) in [5, 5.41) is 0. The molecule has 2 aliphatic heterocycles. The molecular weight excluding hydrogens is 208 g/mol. The van der Waals surface area contributed by atoms with Crippen LogP contribution in [-0.2, 0) is 0 Å². The highest BCUT2D eigenvalue weighted by Gasteiger charge is 2.46. The van der Waals surface area contributed by atoms with E-state index in [4.69, 9.17) is 0 Å². The number of likely N-dealkylation sites (tertiary alicyclic amines) is 2. The fraction of sp³-hybridized carbons (Fsp3) is 1.00. The zero-order valence-electron chi connectivity index (χ0n) is 12.6. The third-order valence-electron chi connectivity index (χ3n) is 4.57. The van der Waals surface area contributed by atoms with Crippen LogP contribution < -0.4 is 0 Å². The second-order valence-electron chi connectivity index (χ2n) is 7.91. The van der Waals surface area contributed by atoms with Gasteiger partial charge in [-0.05, 0) is 66.8 Å². The minimum Gasteiger partial charge on any atom is -0.298 e. The molecule has 0 aromatic carbocycles. The summed E-state index contributed by atoms with van der Waals surface area (Å²) in [6, 6.07) is 0.849. The molecule has 0 aromatic rings. The second kappa shape index (κ2) is 4.24. The molecule has 2 rings (SSSR count). The summed E-state index contributed by atoms with van der Waals surface area (Å²) in [7, 11) is 0. The van der Waals surface area contributed by atoms with Crippen molar-refractivity contribution in [2.45, 2.75) is 71.5 Å². The number of rotatable bonds is 0. The molecule has 2 heterocycles. The molecule has 2 saturated heterocycles. The van der Waals surface area contributed by atoms with Crippen molar-refractivity contribution in [3.8, 4) is 0 Å². The van der Waals surface area contributed by atoms with Crippen molar-refractivity contribution in [2.24, 2.45) is 5.92 Å². The molecule has 0 N–H and O–H groups in total. The minimum absolute atomic E-state index is 0.344. The van der Waals surface area contributed by atoms with E-state index in [9.17, 15) is 0 Å². The first-order chi connectivity index (χ1) is 7.69. The lowest BCUT2D eigenvalue weighted by Crippen LogP contribution is -2.65. The van der Waals surface area contributed by atoms with Gasteiger partial charge in [0.25, 0.3) is 0 Å². The lowest BCUT2D eigenvalue weighted by molar-refractivity contribution is -0.0648. The normalized spacial score (nSPS) is 32.8. The highest BCUT2D eigenvalue weighted by atomic mass is 15.3. The van der Waals surface area contributed by atoms with E-state index in [0.29, 0.717) is 11.1 Å².